The van der Waals surface area contributed by atoms with Crippen LogP contribution >= 0.6 is 0 Å². The number of nitrogens with one attached hydrogen (secondary N) is 1. The molecule has 192 valence electrons. The van der Waals surface area contributed by atoms with Crippen molar-refractivity contribution in [3.63, 3.8) is 0 Å². The lowest BCUT2D eigenvalue weighted by Gasteiger charge is -2.45. The molecule has 0 saturated carbocycles. The molecule has 36 heavy (non-hydrogen) atoms. The van der Waals surface area contributed by atoms with E-state index in [-0.39, 0.29) is 29.3 Å². The summed E-state index contributed by atoms with van der Waals surface area (Å²) in [5, 5.41) is 2.83. The fourth-order valence-electron chi connectivity index (χ4n) is 5.33. The number of sulfonamides is 1. The summed E-state index contributed by atoms with van der Waals surface area (Å²) in [6, 6.07) is 11.6. The van der Waals surface area contributed by atoms with Crippen molar-refractivity contribution in [2.45, 2.75) is 49.5 Å². The van der Waals surface area contributed by atoms with Crippen LogP contribution in [0.4, 0.5) is 17.1 Å². The van der Waals surface area contributed by atoms with E-state index in [1.54, 1.807) is 49.6 Å². The number of carbonyl (C=O) groups excluding carboxylic acids is 2. The molecule has 3 aliphatic rings. The van der Waals surface area contributed by atoms with Crippen LogP contribution in [0.25, 0.3) is 0 Å². The predicted octanol–water partition coefficient (Wildman–Crippen LogP) is 3.21. The van der Waals surface area contributed by atoms with Crippen molar-refractivity contribution in [3.8, 4) is 5.75 Å². The Balaban J connectivity index is 1.46. The van der Waals surface area contributed by atoms with Crippen LogP contribution < -0.4 is 19.9 Å². The third-order valence-corrected chi connectivity index (χ3v) is 9.12. The second kappa shape index (κ2) is 10.1. The summed E-state index contributed by atoms with van der Waals surface area (Å²) < 4.78 is 33.4. The molecule has 0 unspecified atom stereocenters. The largest absolute Gasteiger partial charge is 0.497 e. The van der Waals surface area contributed by atoms with E-state index >= 15 is 0 Å². The first kappa shape index (κ1) is 24.6. The van der Waals surface area contributed by atoms with E-state index in [4.69, 9.17) is 4.74 Å². The number of amides is 2. The Kier molecular flexibility index (Phi) is 6.90. The zero-order valence-electron chi connectivity index (χ0n) is 20.5. The molecule has 0 aliphatic carbocycles. The van der Waals surface area contributed by atoms with Gasteiger partial charge < -0.3 is 15.0 Å². The molecule has 2 aromatic rings. The maximum absolute atomic E-state index is 13.6. The van der Waals surface area contributed by atoms with Gasteiger partial charge in [0.25, 0.3) is 0 Å². The van der Waals surface area contributed by atoms with Gasteiger partial charge >= 0.3 is 0 Å². The number of ether oxygens (including phenoxy) is 1. The number of piperidine rings is 2. The molecule has 1 atom stereocenters. The number of carbonyl (C=O) groups is 2. The molecule has 5 rings (SSSR count). The Hall–Kier alpha value is -3.11. The summed E-state index contributed by atoms with van der Waals surface area (Å²) >= 11 is 0. The van der Waals surface area contributed by atoms with Gasteiger partial charge in [0.2, 0.25) is 21.8 Å². The van der Waals surface area contributed by atoms with Gasteiger partial charge in [-0.15, -0.1) is 0 Å². The molecule has 2 aromatic carbocycles. The molecule has 0 bridgehead atoms. The summed E-state index contributed by atoms with van der Waals surface area (Å²) in [5.41, 5.74) is 1.86. The van der Waals surface area contributed by atoms with Gasteiger partial charge in [-0.25, -0.2) is 8.42 Å². The number of hydrogen-bond acceptors (Lipinski definition) is 6. The van der Waals surface area contributed by atoms with Crippen LogP contribution in [0.3, 0.4) is 0 Å². The second-order valence-electron chi connectivity index (χ2n) is 9.52. The maximum Gasteiger partial charge on any atom is 0.250 e. The summed E-state index contributed by atoms with van der Waals surface area (Å²) in [4.78, 5) is 30.3. The quantitative estimate of drug-likeness (QED) is 0.638. The van der Waals surface area contributed by atoms with Crippen molar-refractivity contribution in [2.75, 3.05) is 48.4 Å². The monoisotopic (exact) mass is 512 g/mol. The van der Waals surface area contributed by atoms with Gasteiger partial charge in [0.15, 0.2) is 0 Å². The molecule has 9 nitrogen and oxygen atoms in total. The number of rotatable bonds is 6. The molecule has 1 N–H and O–H groups in total. The SMILES string of the molecule is COc1ccc(NC(=O)CN2C(=O)[C@H]3CCCCN3c3ccc(S(=O)(=O)N4CCCCC4)cc32)cc1. The minimum Gasteiger partial charge on any atom is -0.497 e. The molecule has 2 amide bonds. The molecular formula is C26H32N4O5S. The molecular weight excluding hydrogens is 480 g/mol. The number of fused-ring (bicyclic) bond motifs is 3. The normalized spacial score (nSPS) is 20.5. The zero-order valence-corrected chi connectivity index (χ0v) is 21.3. The minimum absolute atomic E-state index is 0.159. The lowest BCUT2D eigenvalue weighted by atomic mass is 9.96. The minimum atomic E-state index is -3.68. The fourth-order valence-corrected chi connectivity index (χ4v) is 6.87. The van der Waals surface area contributed by atoms with Crippen molar-refractivity contribution >= 4 is 38.9 Å². The fraction of sp³-hybridized carbons (Fsp3) is 0.462. The van der Waals surface area contributed by atoms with E-state index in [0.717, 1.165) is 44.3 Å². The van der Waals surface area contributed by atoms with Gasteiger partial charge in [0.05, 0.1) is 23.4 Å². The van der Waals surface area contributed by atoms with E-state index in [1.807, 2.05) is 0 Å². The van der Waals surface area contributed by atoms with Gasteiger partial charge in [-0.1, -0.05) is 6.42 Å². The molecule has 2 fully saturated rings. The van der Waals surface area contributed by atoms with Gasteiger partial charge in [-0.05, 0) is 74.6 Å². The third-order valence-electron chi connectivity index (χ3n) is 7.23. The molecule has 3 heterocycles. The van der Waals surface area contributed by atoms with Crippen LogP contribution in [-0.2, 0) is 19.6 Å². The Bertz CT molecular complexity index is 1240. The Morgan fingerprint density at radius 2 is 1.69 bits per heavy atom. The summed E-state index contributed by atoms with van der Waals surface area (Å²) in [6.07, 6.45) is 5.33. The van der Waals surface area contributed by atoms with E-state index in [1.165, 1.54) is 9.21 Å². The van der Waals surface area contributed by atoms with Crippen LogP contribution in [0.15, 0.2) is 47.4 Å². The van der Waals surface area contributed by atoms with Crippen molar-refractivity contribution in [1.82, 2.24) is 4.31 Å². The Morgan fingerprint density at radius 3 is 2.42 bits per heavy atom. The third kappa shape index (κ3) is 4.67. The van der Waals surface area contributed by atoms with Crippen LogP contribution in [-0.4, -0.2) is 63.9 Å². The van der Waals surface area contributed by atoms with E-state index in [2.05, 4.69) is 10.2 Å². The van der Waals surface area contributed by atoms with Gasteiger partial charge in [0.1, 0.15) is 18.3 Å². The lowest BCUT2D eigenvalue weighted by Crippen LogP contribution is -2.56. The first-order valence-corrected chi connectivity index (χ1v) is 14.0. The Labute approximate surface area is 212 Å². The highest BCUT2D eigenvalue weighted by atomic mass is 32.2. The van der Waals surface area contributed by atoms with E-state index in [9.17, 15) is 18.0 Å². The topological polar surface area (TPSA) is 99.3 Å². The van der Waals surface area contributed by atoms with Gasteiger partial charge in [0, 0.05) is 25.3 Å². The van der Waals surface area contributed by atoms with E-state index < -0.39 is 10.0 Å². The highest BCUT2D eigenvalue weighted by molar-refractivity contribution is 7.89. The maximum atomic E-state index is 13.6. The molecule has 10 heteroatoms. The van der Waals surface area contributed by atoms with Crippen molar-refractivity contribution in [1.29, 1.82) is 0 Å². The van der Waals surface area contributed by atoms with Crippen LogP contribution in [0.5, 0.6) is 5.75 Å². The summed E-state index contributed by atoms with van der Waals surface area (Å²) in [6.45, 7) is 1.53. The summed E-state index contributed by atoms with van der Waals surface area (Å²) in [7, 11) is -2.11. The molecule has 0 aromatic heterocycles. The van der Waals surface area contributed by atoms with Crippen molar-refractivity contribution in [3.05, 3.63) is 42.5 Å². The lowest BCUT2D eigenvalue weighted by molar-refractivity contribution is -0.123. The molecule has 0 radical (unpaired) electrons. The number of methoxy groups -OCH3 is 1. The van der Waals surface area contributed by atoms with Gasteiger partial charge in [-0.2, -0.15) is 4.31 Å². The van der Waals surface area contributed by atoms with Crippen molar-refractivity contribution < 1.29 is 22.7 Å². The molecule has 0 spiro atoms. The van der Waals surface area contributed by atoms with Crippen LogP contribution in [0.2, 0.25) is 0 Å². The average Bonchev–Trinajstić information content (AvgIpc) is 2.91. The van der Waals surface area contributed by atoms with Crippen LogP contribution in [0.1, 0.15) is 38.5 Å². The molecule has 3 aliphatic heterocycles. The predicted molar refractivity (Wildman–Crippen MR) is 138 cm³/mol. The smallest absolute Gasteiger partial charge is 0.250 e. The number of hydrogen-bond donors (Lipinski definition) is 1. The Morgan fingerprint density at radius 1 is 0.972 bits per heavy atom. The summed E-state index contributed by atoms with van der Waals surface area (Å²) in [5.74, 6) is 0.153. The molecule has 2 saturated heterocycles. The highest BCUT2D eigenvalue weighted by Gasteiger charge is 2.41. The zero-order chi connectivity index (χ0) is 25.3. The first-order valence-electron chi connectivity index (χ1n) is 12.5. The van der Waals surface area contributed by atoms with E-state index in [0.29, 0.717) is 36.6 Å². The van der Waals surface area contributed by atoms with Crippen LogP contribution in [0, 0.1) is 0 Å². The first-order chi connectivity index (χ1) is 17.4. The number of benzene rings is 2. The van der Waals surface area contributed by atoms with Gasteiger partial charge in [-0.3, -0.25) is 14.5 Å². The average molecular weight is 513 g/mol. The number of nitrogens with zero attached hydrogens (tertiary/aromatic N) is 3. The standard InChI is InChI=1S/C26H32N4O5S/c1-35-20-10-8-19(9-11-20)27-25(31)18-30-24-17-21(36(33,34)28-14-4-2-5-15-28)12-13-22(24)29-16-6-3-7-23(29)26(30)32/h8-13,17,23H,2-7,14-16,18H2,1H3,(H,27,31)/t23-/m1/s1. The number of anilines is 3. The second-order valence-corrected chi connectivity index (χ2v) is 11.5. The van der Waals surface area contributed by atoms with Crippen molar-refractivity contribution in [2.24, 2.45) is 0 Å². The highest BCUT2D eigenvalue weighted by Crippen LogP contribution is 2.41.